The number of anilines is 2. The molecule has 2 aromatic carbocycles. The van der Waals surface area contributed by atoms with Crippen LogP contribution in [0.2, 0.25) is 5.02 Å². The zero-order valence-corrected chi connectivity index (χ0v) is 18.8. The van der Waals surface area contributed by atoms with Crippen molar-refractivity contribution in [1.82, 2.24) is 5.32 Å². The van der Waals surface area contributed by atoms with Gasteiger partial charge in [-0.1, -0.05) is 29.8 Å². The van der Waals surface area contributed by atoms with Crippen LogP contribution < -0.4 is 14.5 Å². The molecular weight excluding hydrogens is 410 g/mol. The minimum atomic E-state index is -3.65. The first kappa shape index (κ1) is 23.0. The fourth-order valence-electron chi connectivity index (χ4n) is 3.05. The first-order valence-electron chi connectivity index (χ1n) is 9.50. The lowest BCUT2D eigenvalue weighted by atomic mass is 10.2. The summed E-state index contributed by atoms with van der Waals surface area (Å²) in [7, 11) is -3.65. The third-order valence-corrected chi connectivity index (χ3v) is 6.29. The van der Waals surface area contributed by atoms with E-state index in [9.17, 15) is 13.2 Å². The van der Waals surface area contributed by atoms with E-state index in [2.05, 4.69) is 24.1 Å². The van der Waals surface area contributed by atoms with Crippen LogP contribution in [0, 0.1) is 6.92 Å². The summed E-state index contributed by atoms with van der Waals surface area (Å²) in [6.45, 7) is 7.81. The number of carbonyl (C=O) groups is 1. The molecule has 0 radical (unpaired) electrons. The molecule has 0 aliphatic heterocycles. The number of carbonyl (C=O) groups excluding carboxylic acids is 1. The van der Waals surface area contributed by atoms with E-state index in [1.54, 1.807) is 25.1 Å². The maximum absolute atomic E-state index is 12.5. The fraction of sp³-hybridized carbons (Fsp3) is 0.381. The van der Waals surface area contributed by atoms with Crippen molar-refractivity contribution in [2.24, 2.45) is 0 Å². The first-order chi connectivity index (χ1) is 13.7. The van der Waals surface area contributed by atoms with Crippen LogP contribution in [0.15, 0.2) is 42.5 Å². The highest BCUT2D eigenvalue weighted by Gasteiger charge is 2.23. The van der Waals surface area contributed by atoms with Gasteiger partial charge in [0, 0.05) is 30.3 Å². The smallest absolute Gasteiger partial charge is 0.241 e. The lowest BCUT2D eigenvalue weighted by Crippen LogP contribution is -2.40. The summed E-state index contributed by atoms with van der Waals surface area (Å²) in [4.78, 5) is 14.7. The standard InChI is InChI=1S/C21H28ClN3O3S/c1-5-24(6-2)18-12-10-17(11-13-18)14-23-21(26)15-25(29(4,27)28)20-9-7-8-19(22)16(20)3/h7-13H,5-6,14-15H2,1-4H3,(H,23,26). The molecule has 29 heavy (non-hydrogen) atoms. The van der Waals surface area contributed by atoms with E-state index in [0.29, 0.717) is 22.8 Å². The van der Waals surface area contributed by atoms with Crippen molar-refractivity contribution in [1.29, 1.82) is 0 Å². The summed E-state index contributed by atoms with van der Waals surface area (Å²) >= 11 is 6.12. The Bertz CT molecular complexity index is 942. The zero-order valence-electron chi connectivity index (χ0n) is 17.3. The Balaban J connectivity index is 2.07. The van der Waals surface area contributed by atoms with Gasteiger partial charge in [0.15, 0.2) is 0 Å². The lowest BCUT2D eigenvalue weighted by Gasteiger charge is -2.24. The maximum Gasteiger partial charge on any atom is 0.241 e. The summed E-state index contributed by atoms with van der Waals surface area (Å²) in [5.41, 5.74) is 3.09. The van der Waals surface area contributed by atoms with Gasteiger partial charge < -0.3 is 10.2 Å². The van der Waals surface area contributed by atoms with Gasteiger partial charge in [0.2, 0.25) is 15.9 Å². The van der Waals surface area contributed by atoms with Gasteiger partial charge in [-0.3, -0.25) is 9.10 Å². The van der Waals surface area contributed by atoms with E-state index in [4.69, 9.17) is 11.6 Å². The molecule has 0 aliphatic rings. The number of halogens is 1. The average Bonchev–Trinajstić information content (AvgIpc) is 2.68. The second-order valence-electron chi connectivity index (χ2n) is 6.77. The van der Waals surface area contributed by atoms with Crippen molar-refractivity contribution >= 4 is 38.9 Å². The van der Waals surface area contributed by atoms with Crippen molar-refractivity contribution < 1.29 is 13.2 Å². The summed E-state index contributed by atoms with van der Waals surface area (Å²) in [6.07, 6.45) is 1.08. The summed E-state index contributed by atoms with van der Waals surface area (Å²) in [5, 5.41) is 3.24. The fourth-order valence-corrected chi connectivity index (χ4v) is 4.12. The van der Waals surface area contributed by atoms with E-state index >= 15 is 0 Å². The topological polar surface area (TPSA) is 69.7 Å². The van der Waals surface area contributed by atoms with Gasteiger partial charge in [0.1, 0.15) is 6.54 Å². The molecular formula is C21H28ClN3O3S. The van der Waals surface area contributed by atoms with Crippen LogP contribution in [-0.4, -0.2) is 40.2 Å². The number of amides is 1. The van der Waals surface area contributed by atoms with Gasteiger partial charge in [-0.2, -0.15) is 0 Å². The zero-order chi connectivity index (χ0) is 21.6. The van der Waals surface area contributed by atoms with E-state index in [1.165, 1.54) is 0 Å². The Morgan fingerprint density at radius 3 is 2.24 bits per heavy atom. The van der Waals surface area contributed by atoms with Gasteiger partial charge in [-0.05, 0) is 56.2 Å². The minimum absolute atomic E-state index is 0.308. The van der Waals surface area contributed by atoms with Crippen LogP contribution in [0.25, 0.3) is 0 Å². The quantitative estimate of drug-likeness (QED) is 0.651. The molecule has 0 bridgehead atoms. The lowest BCUT2D eigenvalue weighted by molar-refractivity contribution is -0.119. The summed E-state index contributed by atoms with van der Waals surface area (Å²) in [5.74, 6) is -0.386. The molecule has 1 amide bonds. The SMILES string of the molecule is CCN(CC)c1ccc(CNC(=O)CN(c2cccc(Cl)c2C)S(C)(=O)=O)cc1. The van der Waals surface area contributed by atoms with Gasteiger partial charge in [0.05, 0.1) is 11.9 Å². The molecule has 0 atom stereocenters. The molecule has 0 unspecified atom stereocenters. The van der Waals surface area contributed by atoms with E-state index < -0.39 is 10.0 Å². The molecule has 1 N–H and O–H groups in total. The third kappa shape index (κ3) is 6.11. The van der Waals surface area contributed by atoms with Crippen LogP contribution >= 0.6 is 11.6 Å². The van der Waals surface area contributed by atoms with Crippen LogP contribution in [-0.2, 0) is 21.4 Å². The Kier molecular flexibility index (Phi) is 7.93. The highest BCUT2D eigenvalue weighted by molar-refractivity contribution is 7.92. The second-order valence-corrected chi connectivity index (χ2v) is 9.08. The Morgan fingerprint density at radius 2 is 1.69 bits per heavy atom. The van der Waals surface area contributed by atoms with Crippen molar-refractivity contribution in [3.63, 3.8) is 0 Å². The second kappa shape index (κ2) is 9.98. The number of rotatable bonds is 9. The van der Waals surface area contributed by atoms with Crippen LogP contribution in [0.3, 0.4) is 0 Å². The molecule has 2 rings (SSSR count). The molecule has 8 heteroatoms. The van der Waals surface area contributed by atoms with E-state index in [1.807, 2.05) is 24.3 Å². The molecule has 0 aliphatic carbocycles. The Hall–Kier alpha value is -2.25. The summed E-state index contributed by atoms with van der Waals surface area (Å²) < 4.78 is 25.6. The maximum atomic E-state index is 12.5. The Morgan fingerprint density at radius 1 is 1.07 bits per heavy atom. The molecule has 0 spiro atoms. The highest BCUT2D eigenvalue weighted by atomic mass is 35.5. The average molecular weight is 438 g/mol. The van der Waals surface area contributed by atoms with Gasteiger partial charge in [0.25, 0.3) is 0 Å². The molecule has 0 heterocycles. The van der Waals surface area contributed by atoms with Crippen LogP contribution in [0.1, 0.15) is 25.0 Å². The predicted octanol–water partition coefficient (Wildman–Crippen LogP) is 3.58. The minimum Gasteiger partial charge on any atom is -0.372 e. The molecule has 0 saturated carbocycles. The van der Waals surface area contributed by atoms with Gasteiger partial charge >= 0.3 is 0 Å². The highest BCUT2D eigenvalue weighted by Crippen LogP contribution is 2.28. The van der Waals surface area contributed by atoms with Crippen molar-refractivity contribution in [3.05, 3.63) is 58.6 Å². The number of benzene rings is 2. The van der Waals surface area contributed by atoms with Crippen LogP contribution in [0.4, 0.5) is 11.4 Å². The molecule has 0 fully saturated rings. The molecule has 0 aromatic heterocycles. The predicted molar refractivity (Wildman–Crippen MR) is 120 cm³/mol. The largest absolute Gasteiger partial charge is 0.372 e. The normalized spacial score (nSPS) is 11.2. The number of hydrogen-bond donors (Lipinski definition) is 1. The van der Waals surface area contributed by atoms with Crippen molar-refractivity contribution in [3.8, 4) is 0 Å². The third-order valence-electron chi connectivity index (χ3n) is 4.75. The first-order valence-corrected chi connectivity index (χ1v) is 11.7. The molecule has 158 valence electrons. The summed E-state index contributed by atoms with van der Waals surface area (Å²) in [6, 6.07) is 13.0. The monoisotopic (exact) mass is 437 g/mol. The van der Waals surface area contributed by atoms with E-state index in [-0.39, 0.29) is 12.5 Å². The van der Waals surface area contributed by atoms with E-state index in [0.717, 1.165) is 34.9 Å². The van der Waals surface area contributed by atoms with Crippen molar-refractivity contribution in [2.45, 2.75) is 27.3 Å². The molecule has 0 saturated heterocycles. The number of nitrogens with zero attached hydrogens (tertiary/aromatic N) is 2. The van der Waals surface area contributed by atoms with Crippen molar-refractivity contribution in [2.75, 3.05) is 35.1 Å². The molecule has 6 nitrogen and oxygen atoms in total. The number of sulfonamides is 1. The Labute approximate surface area is 178 Å². The van der Waals surface area contributed by atoms with Gasteiger partial charge in [-0.25, -0.2) is 8.42 Å². The van der Waals surface area contributed by atoms with Gasteiger partial charge in [-0.15, -0.1) is 0 Å². The van der Waals surface area contributed by atoms with Crippen LogP contribution in [0.5, 0.6) is 0 Å². The number of hydrogen-bond acceptors (Lipinski definition) is 4. The number of nitrogens with one attached hydrogen (secondary N) is 1. The molecule has 2 aromatic rings.